The fourth-order valence-corrected chi connectivity index (χ4v) is 1.68. The van der Waals surface area contributed by atoms with Crippen molar-refractivity contribution in [1.29, 1.82) is 0 Å². The number of nitrogens with one attached hydrogen (secondary N) is 1. The predicted molar refractivity (Wildman–Crippen MR) is 68.7 cm³/mol. The summed E-state index contributed by atoms with van der Waals surface area (Å²) in [6.45, 7) is 0.847. The average Bonchev–Trinajstić information content (AvgIpc) is 2.82. The molecule has 18 heavy (non-hydrogen) atoms. The molecule has 5 heteroatoms. The minimum Gasteiger partial charge on any atom is -0.357 e. The first-order valence-electron chi connectivity index (χ1n) is 5.73. The van der Waals surface area contributed by atoms with Gasteiger partial charge >= 0.3 is 0 Å². The highest BCUT2D eigenvalue weighted by molar-refractivity contribution is 5.94. The van der Waals surface area contributed by atoms with E-state index in [1.54, 1.807) is 18.3 Å². The van der Waals surface area contributed by atoms with Gasteiger partial charge in [0.2, 0.25) is 0 Å². The monoisotopic (exact) mass is 244 g/mol. The minimum absolute atomic E-state index is 0.115. The summed E-state index contributed by atoms with van der Waals surface area (Å²) in [6.07, 6.45) is 5.51. The first-order valence-corrected chi connectivity index (χ1v) is 5.73. The van der Waals surface area contributed by atoms with Crippen LogP contribution in [0, 0.1) is 0 Å². The zero-order valence-electron chi connectivity index (χ0n) is 10.3. The minimum atomic E-state index is -0.115. The van der Waals surface area contributed by atoms with Crippen molar-refractivity contribution in [3.63, 3.8) is 0 Å². The second kappa shape index (κ2) is 5.46. The van der Waals surface area contributed by atoms with Gasteiger partial charge in [-0.15, -0.1) is 0 Å². The van der Waals surface area contributed by atoms with E-state index in [9.17, 15) is 4.79 Å². The molecule has 2 rings (SSSR count). The van der Waals surface area contributed by atoms with Gasteiger partial charge < -0.3 is 15.6 Å². The van der Waals surface area contributed by atoms with E-state index in [1.807, 2.05) is 30.1 Å². The highest BCUT2D eigenvalue weighted by Gasteiger charge is 2.06. The van der Waals surface area contributed by atoms with Crippen LogP contribution in [0.3, 0.4) is 0 Å². The maximum absolute atomic E-state index is 11.9. The lowest BCUT2D eigenvalue weighted by molar-refractivity contribution is 0.0950. The van der Waals surface area contributed by atoms with Gasteiger partial charge in [0.15, 0.2) is 0 Å². The van der Waals surface area contributed by atoms with Gasteiger partial charge in [0.1, 0.15) is 0 Å². The van der Waals surface area contributed by atoms with Crippen LogP contribution in [0.5, 0.6) is 0 Å². The van der Waals surface area contributed by atoms with Crippen LogP contribution in [-0.2, 0) is 20.1 Å². The van der Waals surface area contributed by atoms with Crippen molar-refractivity contribution >= 4 is 5.91 Å². The van der Waals surface area contributed by atoms with Crippen molar-refractivity contribution in [2.24, 2.45) is 12.8 Å². The lowest BCUT2D eigenvalue weighted by Crippen LogP contribution is -2.23. The third kappa shape index (κ3) is 2.95. The maximum Gasteiger partial charge on any atom is 0.251 e. The number of amides is 1. The molecule has 3 N–H and O–H groups in total. The van der Waals surface area contributed by atoms with Gasteiger partial charge in [0, 0.05) is 44.3 Å². The predicted octanol–water partition coefficient (Wildman–Crippen LogP) is 0.809. The molecule has 0 bridgehead atoms. The van der Waals surface area contributed by atoms with E-state index in [0.717, 1.165) is 5.56 Å². The molecule has 0 aliphatic rings. The number of rotatable bonds is 4. The fourth-order valence-electron chi connectivity index (χ4n) is 1.68. The lowest BCUT2D eigenvalue weighted by atomic mass is 10.2. The summed E-state index contributed by atoms with van der Waals surface area (Å²) in [6, 6.07) is 5.36. The molecule has 0 aliphatic heterocycles. The van der Waals surface area contributed by atoms with E-state index in [0.29, 0.717) is 24.3 Å². The molecule has 2 heterocycles. The van der Waals surface area contributed by atoms with Crippen LogP contribution in [0.4, 0.5) is 0 Å². The lowest BCUT2D eigenvalue weighted by Gasteiger charge is -2.05. The zero-order valence-corrected chi connectivity index (χ0v) is 10.3. The van der Waals surface area contributed by atoms with E-state index in [4.69, 9.17) is 5.73 Å². The van der Waals surface area contributed by atoms with Crippen molar-refractivity contribution in [2.75, 3.05) is 0 Å². The van der Waals surface area contributed by atoms with E-state index in [1.165, 1.54) is 0 Å². The number of aromatic nitrogens is 2. The maximum atomic E-state index is 11.9. The van der Waals surface area contributed by atoms with Gasteiger partial charge in [-0.05, 0) is 23.8 Å². The van der Waals surface area contributed by atoms with Crippen LogP contribution in [0.1, 0.15) is 21.6 Å². The van der Waals surface area contributed by atoms with Crippen molar-refractivity contribution in [1.82, 2.24) is 14.9 Å². The van der Waals surface area contributed by atoms with Crippen molar-refractivity contribution in [3.8, 4) is 0 Å². The quantitative estimate of drug-likeness (QED) is 0.836. The van der Waals surface area contributed by atoms with E-state index < -0.39 is 0 Å². The Labute approximate surface area is 106 Å². The molecule has 2 aromatic rings. The number of nitrogens with zero attached hydrogens (tertiary/aromatic N) is 2. The molecule has 0 atom stereocenters. The normalized spacial score (nSPS) is 10.3. The number of pyridine rings is 1. The topological polar surface area (TPSA) is 72.9 Å². The molecule has 0 aliphatic carbocycles. The van der Waals surface area contributed by atoms with E-state index in [-0.39, 0.29) is 5.91 Å². The molecule has 94 valence electrons. The van der Waals surface area contributed by atoms with E-state index in [2.05, 4.69) is 10.3 Å². The Morgan fingerprint density at radius 3 is 3.00 bits per heavy atom. The number of carbonyl (C=O) groups excluding carboxylic acids is 1. The van der Waals surface area contributed by atoms with Crippen LogP contribution < -0.4 is 11.1 Å². The van der Waals surface area contributed by atoms with Gasteiger partial charge in [-0.3, -0.25) is 9.78 Å². The third-order valence-electron chi connectivity index (χ3n) is 2.63. The van der Waals surface area contributed by atoms with Crippen molar-refractivity contribution in [3.05, 3.63) is 53.6 Å². The average molecular weight is 244 g/mol. The molecule has 0 radical (unpaired) electrons. The number of nitrogens with two attached hydrogens (primary N) is 1. The van der Waals surface area contributed by atoms with Crippen LogP contribution in [0.25, 0.3) is 0 Å². The summed E-state index contributed by atoms with van der Waals surface area (Å²) in [5.74, 6) is -0.115. The molecule has 1 amide bonds. The SMILES string of the molecule is Cn1ccc(CNC(=O)c2ccnc(CN)c2)c1. The van der Waals surface area contributed by atoms with Crippen molar-refractivity contribution in [2.45, 2.75) is 13.1 Å². The smallest absolute Gasteiger partial charge is 0.251 e. The molecule has 0 aromatic carbocycles. The summed E-state index contributed by atoms with van der Waals surface area (Å²) >= 11 is 0. The Hall–Kier alpha value is -2.14. The molecule has 5 nitrogen and oxygen atoms in total. The largest absolute Gasteiger partial charge is 0.357 e. The number of carbonyl (C=O) groups is 1. The van der Waals surface area contributed by atoms with E-state index >= 15 is 0 Å². The zero-order chi connectivity index (χ0) is 13.0. The second-order valence-corrected chi connectivity index (χ2v) is 4.11. The molecular weight excluding hydrogens is 228 g/mol. The molecular formula is C13H16N4O. The molecule has 0 saturated heterocycles. The number of hydrogen-bond donors (Lipinski definition) is 2. The molecule has 0 spiro atoms. The fraction of sp³-hybridized carbons (Fsp3) is 0.231. The Morgan fingerprint density at radius 1 is 1.50 bits per heavy atom. The van der Waals surface area contributed by atoms with Gasteiger partial charge in [0.05, 0.1) is 5.69 Å². The Bertz CT molecular complexity index is 547. The Kier molecular flexibility index (Phi) is 3.74. The second-order valence-electron chi connectivity index (χ2n) is 4.11. The summed E-state index contributed by atoms with van der Waals surface area (Å²) in [7, 11) is 1.95. The van der Waals surface area contributed by atoms with Crippen LogP contribution in [0.15, 0.2) is 36.8 Å². The van der Waals surface area contributed by atoms with Crippen LogP contribution >= 0.6 is 0 Å². The van der Waals surface area contributed by atoms with Gasteiger partial charge in [0.25, 0.3) is 5.91 Å². The molecule has 0 saturated carbocycles. The summed E-state index contributed by atoms with van der Waals surface area (Å²) in [5.41, 5.74) is 7.85. The standard InChI is InChI=1S/C13H16N4O/c1-17-5-3-10(9-17)8-16-13(18)11-2-4-15-12(6-11)7-14/h2-6,9H,7-8,14H2,1H3,(H,16,18). The highest BCUT2D eigenvalue weighted by Crippen LogP contribution is 2.03. The summed E-state index contributed by atoms with van der Waals surface area (Å²) < 4.78 is 1.94. The first kappa shape index (κ1) is 12.3. The third-order valence-corrected chi connectivity index (χ3v) is 2.63. The highest BCUT2D eigenvalue weighted by atomic mass is 16.1. The number of hydrogen-bond acceptors (Lipinski definition) is 3. The molecule has 2 aromatic heterocycles. The molecule has 0 unspecified atom stereocenters. The van der Waals surface area contributed by atoms with Gasteiger partial charge in [-0.25, -0.2) is 0 Å². The first-order chi connectivity index (χ1) is 8.69. The summed E-state index contributed by atoms with van der Waals surface area (Å²) in [5, 5.41) is 2.86. The Morgan fingerprint density at radius 2 is 2.33 bits per heavy atom. The van der Waals surface area contributed by atoms with Gasteiger partial charge in [-0.1, -0.05) is 0 Å². The van der Waals surface area contributed by atoms with Crippen molar-refractivity contribution < 1.29 is 4.79 Å². The summed E-state index contributed by atoms with van der Waals surface area (Å²) in [4.78, 5) is 16.0. The van der Waals surface area contributed by atoms with Crippen LogP contribution in [0.2, 0.25) is 0 Å². The van der Waals surface area contributed by atoms with Crippen LogP contribution in [-0.4, -0.2) is 15.5 Å². The van der Waals surface area contributed by atoms with Gasteiger partial charge in [-0.2, -0.15) is 0 Å². The number of aryl methyl sites for hydroxylation is 1. The Balaban J connectivity index is 1.99. The molecule has 0 fully saturated rings.